The molecule has 170 valence electrons. The number of ether oxygens (including phenoxy) is 2. The Kier molecular flexibility index (Phi) is 6.24. The van der Waals surface area contributed by atoms with Gasteiger partial charge in [-0.15, -0.1) is 0 Å². The zero-order valence-corrected chi connectivity index (χ0v) is 19.5. The van der Waals surface area contributed by atoms with Gasteiger partial charge in [0.25, 0.3) is 10.0 Å². The Hall–Kier alpha value is -3.58. The van der Waals surface area contributed by atoms with Gasteiger partial charge in [0.05, 0.1) is 37.1 Å². The molecule has 6 nitrogen and oxygen atoms in total. The zero-order valence-electron chi connectivity index (χ0n) is 18.7. The molecule has 3 aromatic carbocycles. The lowest BCUT2D eigenvalue weighted by molar-refractivity contribution is -0.126. The number of amides is 1. The highest BCUT2D eigenvalue weighted by Gasteiger charge is 2.40. The van der Waals surface area contributed by atoms with Gasteiger partial charge in [-0.1, -0.05) is 60.2 Å². The number of methoxy groups -OCH3 is 2. The van der Waals surface area contributed by atoms with Gasteiger partial charge in [-0.05, 0) is 42.3 Å². The molecule has 1 aliphatic rings. The van der Waals surface area contributed by atoms with Crippen molar-refractivity contribution in [2.75, 3.05) is 20.8 Å². The average Bonchev–Trinajstić information content (AvgIpc) is 2.83. The second-order valence-electron chi connectivity index (χ2n) is 7.73. The monoisotopic (exact) mass is 463 g/mol. The van der Waals surface area contributed by atoms with E-state index in [4.69, 9.17) is 9.47 Å². The van der Waals surface area contributed by atoms with Crippen molar-refractivity contribution in [3.05, 3.63) is 95.6 Å². The van der Waals surface area contributed by atoms with Gasteiger partial charge in [0, 0.05) is 0 Å². The van der Waals surface area contributed by atoms with Crippen LogP contribution in [0.2, 0.25) is 0 Å². The van der Waals surface area contributed by atoms with E-state index in [1.54, 1.807) is 50.6 Å². The summed E-state index contributed by atoms with van der Waals surface area (Å²) in [5, 5.41) is 0. The summed E-state index contributed by atoms with van der Waals surface area (Å²) in [6.07, 6.45) is 1.77. The van der Waals surface area contributed by atoms with Crippen LogP contribution in [-0.4, -0.2) is 39.4 Å². The fourth-order valence-electron chi connectivity index (χ4n) is 4.07. The maximum Gasteiger partial charge on any atom is 0.266 e. The number of aryl methyl sites for hydroxylation is 1. The highest BCUT2D eigenvalue weighted by atomic mass is 32.2. The highest BCUT2D eigenvalue weighted by Crippen LogP contribution is 2.45. The Labute approximate surface area is 194 Å². The average molecular weight is 464 g/mol. The van der Waals surface area contributed by atoms with Gasteiger partial charge in [0.2, 0.25) is 5.91 Å². The predicted octanol–water partition coefficient (Wildman–Crippen LogP) is 4.41. The van der Waals surface area contributed by atoms with Crippen LogP contribution in [0.5, 0.6) is 11.5 Å². The lowest BCUT2D eigenvalue weighted by atomic mass is 9.83. The molecular formula is C26H25NO5S. The van der Waals surface area contributed by atoms with E-state index in [1.807, 2.05) is 37.3 Å². The summed E-state index contributed by atoms with van der Waals surface area (Å²) in [6.45, 7) is 1.79. The first-order valence-electron chi connectivity index (χ1n) is 10.5. The van der Waals surface area contributed by atoms with Gasteiger partial charge in [-0.25, -0.2) is 12.7 Å². The zero-order chi connectivity index (χ0) is 23.6. The number of hydrogen-bond acceptors (Lipinski definition) is 5. The van der Waals surface area contributed by atoms with E-state index in [0.717, 1.165) is 9.87 Å². The van der Waals surface area contributed by atoms with E-state index >= 15 is 0 Å². The Morgan fingerprint density at radius 1 is 0.848 bits per heavy atom. The Morgan fingerprint density at radius 3 is 2.03 bits per heavy atom. The van der Waals surface area contributed by atoms with Gasteiger partial charge in [-0.3, -0.25) is 4.79 Å². The standard InChI is InChI=1S/C26H25NO5S/c1-18-12-14-20(15-13-18)33(29,30)27-17-16-21(24(26(27)28)19-8-5-4-6-9-19)25-22(31-2)10-7-11-23(25)32-3/h4-16,24H,17H2,1-3H3. The van der Waals surface area contributed by atoms with E-state index in [2.05, 4.69) is 0 Å². The third kappa shape index (κ3) is 4.12. The molecule has 7 heteroatoms. The van der Waals surface area contributed by atoms with Crippen LogP contribution < -0.4 is 9.47 Å². The van der Waals surface area contributed by atoms with Crippen LogP contribution in [0.25, 0.3) is 5.57 Å². The molecule has 1 aliphatic heterocycles. The van der Waals surface area contributed by atoms with Crippen molar-refractivity contribution in [1.82, 2.24) is 4.31 Å². The third-order valence-electron chi connectivity index (χ3n) is 5.74. The molecule has 0 aromatic heterocycles. The number of carbonyl (C=O) groups excluding carboxylic acids is 1. The number of nitrogens with zero attached hydrogens (tertiary/aromatic N) is 1. The van der Waals surface area contributed by atoms with Crippen LogP contribution in [0, 0.1) is 6.92 Å². The van der Waals surface area contributed by atoms with E-state index < -0.39 is 21.8 Å². The molecule has 3 aromatic rings. The van der Waals surface area contributed by atoms with Crippen LogP contribution in [-0.2, 0) is 14.8 Å². The van der Waals surface area contributed by atoms with Gasteiger partial charge in [0.15, 0.2) is 0 Å². The minimum Gasteiger partial charge on any atom is -0.496 e. The SMILES string of the molecule is COc1cccc(OC)c1C1=CCN(S(=O)(=O)c2ccc(C)cc2)C(=O)C1c1ccccc1. The van der Waals surface area contributed by atoms with Crippen LogP contribution in [0.15, 0.2) is 83.8 Å². The van der Waals surface area contributed by atoms with E-state index in [1.165, 1.54) is 12.1 Å². The molecule has 1 unspecified atom stereocenters. The molecule has 0 saturated carbocycles. The molecule has 0 radical (unpaired) electrons. The fraction of sp³-hybridized carbons (Fsp3) is 0.192. The number of rotatable bonds is 6. The predicted molar refractivity (Wildman–Crippen MR) is 127 cm³/mol. The molecule has 0 spiro atoms. The van der Waals surface area contributed by atoms with Crippen LogP contribution in [0.1, 0.15) is 22.6 Å². The summed E-state index contributed by atoms with van der Waals surface area (Å²) in [5.74, 6) is -0.272. The quantitative estimate of drug-likeness (QED) is 0.541. The Morgan fingerprint density at radius 2 is 1.45 bits per heavy atom. The summed E-state index contributed by atoms with van der Waals surface area (Å²) < 4.78 is 38.9. The first-order chi connectivity index (χ1) is 15.9. The van der Waals surface area contributed by atoms with Crippen molar-refractivity contribution in [2.45, 2.75) is 17.7 Å². The molecule has 0 saturated heterocycles. The molecular weight excluding hydrogens is 438 g/mol. The van der Waals surface area contributed by atoms with E-state index in [9.17, 15) is 13.2 Å². The van der Waals surface area contributed by atoms with Crippen LogP contribution in [0.3, 0.4) is 0 Å². The first kappa shape index (κ1) is 22.6. The van der Waals surface area contributed by atoms with Crippen molar-refractivity contribution in [3.63, 3.8) is 0 Å². The van der Waals surface area contributed by atoms with Crippen molar-refractivity contribution < 1.29 is 22.7 Å². The molecule has 1 heterocycles. The summed E-state index contributed by atoms with van der Waals surface area (Å²) in [7, 11) is -0.928. The number of hydrogen-bond donors (Lipinski definition) is 0. The molecule has 4 rings (SSSR count). The largest absolute Gasteiger partial charge is 0.496 e. The molecule has 0 N–H and O–H groups in total. The second kappa shape index (κ2) is 9.11. The lowest BCUT2D eigenvalue weighted by Gasteiger charge is -2.33. The smallest absolute Gasteiger partial charge is 0.266 e. The Balaban J connectivity index is 1.89. The van der Waals surface area contributed by atoms with E-state index in [-0.39, 0.29) is 11.4 Å². The maximum absolute atomic E-state index is 13.8. The summed E-state index contributed by atoms with van der Waals surface area (Å²) in [4.78, 5) is 13.9. The van der Waals surface area contributed by atoms with E-state index in [0.29, 0.717) is 28.2 Å². The summed E-state index contributed by atoms with van der Waals surface area (Å²) in [5.41, 5.74) is 2.91. The summed E-state index contributed by atoms with van der Waals surface area (Å²) in [6, 6.07) is 21.0. The topological polar surface area (TPSA) is 72.9 Å². The number of sulfonamides is 1. The first-order valence-corrected chi connectivity index (χ1v) is 11.9. The van der Waals surface area contributed by atoms with Crippen molar-refractivity contribution in [2.24, 2.45) is 0 Å². The molecule has 0 fully saturated rings. The molecule has 1 amide bonds. The molecule has 33 heavy (non-hydrogen) atoms. The fourth-order valence-corrected chi connectivity index (χ4v) is 5.42. The Bertz CT molecular complexity index is 1280. The molecule has 0 aliphatic carbocycles. The normalized spacial score (nSPS) is 16.3. The van der Waals surface area contributed by atoms with Gasteiger partial charge >= 0.3 is 0 Å². The number of carbonyl (C=O) groups is 1. The van der Waals surface area contributed by atoms with Gasteiger partial charge in [-0.2, -0.15) is 0 Å². The lowest BCUT2D eigenvalue weighted by Crippen LogP contribution is -2.43. The minimum atomic E-state index is -4.03. The second-order valence-corrected chi connectivity index (χ2v) is 9.59. The van der Waals surface area contributed by atoms with Crippen molar-refractivity contribution in [1.29, 1.82) is 0 Å². The molecule has 0 bridgehead atoms. The third-order valence-corrected chi connectivity index (χ3v) is 7.52. The highest BCUT2D eigenvalue weighted by molar-refractivity contribution is 7.89. The summed E-state index contributed by atoms with van der Waals surface area (Å²) >= 11 is 0. The molecule has 1 atom stereocenters. The van der Waals surface area contributed by atoms with Crippen molar-refractivity contribution >= 4 is 21.5 Å². The number of benzene rings is 3. The minimum absolute atomic E-state index is 0.0833. The van der Waals surface area contributed by atoms with Crippen LogP contribution >= 0.6 is 0 Å². The van der Waals surface area contributed by atoms with Gasteiger partial charge in [0.1, 0.15) is 11.5 Å². The van der Waals surface area contributed by atoms with Crippen LogP contribution in [0.4, 0.5) is 0 Å². The van der Waals surface area contributed by atoms with Gasteiger partial charge < -0.3 is 9.47 Å². The van der Waals surface area contributed by atoms with Crippen molar-refractivity contribution in [3.8, 4) is 11.5 Å². The maximum atomic E-state index is 13.8.